The molecule has 1 saturated carbocycles. The summed E-state index contributed by atoms with van der Waals surface area (Å²) in [5.41, 5.74) is 6.27. The third kappa shape index (κ3) is 3.50. The van der Waals surface area contributed by atoms with E-state index in [0.717, 1.165) is 35.3 Å². The SMILES string of the molecule is O=C(N/N=C\c1cn(-c2ccccc2)nc1-c1ccccc1)C1CC1. The van der Waals surface area contributed by atoms with Gasteiger partial charge in [-0.25, -0.2) is 10.1 Å². The molecule has 0 aliphatic heterocycles. The summed E-state index contributed by atoms with van der Waals surface area (Å²) in [5, 5.41) is 8.83. The quantitative estimate of drug-likeness (QED) is 0.576. The van der Waals surface area contributed by atoms with Crippen LogP contribution in [0, 0.1) is 5.92 Å². The molecule has 4 rings (SSSR count). The lowest BCUT2D eigenvalue weighted by Gasteiger charge is -2.00. The summed E-state index contributed by atoms with van der Waals surface area (Å²) in [6.45, 7) is 0. The van der Waals surface area contributed by atoms with Gasteiger partial charge in [-0.1, -0.05) is 48.5 Å². The van der Waals surface area contributed by atoms with Gasteiger partial charge in [-0.05, 0) is 25.0 Å². The highest BCUT2D eigenvalue weighted by Gasteiger charge is 2.29. The van der Waals surface area contributed by atoms with E-state index in [1.807, 2.05) is 71.5 Å². The molecule has 1 amide bonds. The first-order valence-electron chi connectivity index (χ1n) is 8.35. The van der Waals surface area contributed by atoms with Gasteiger partial charge in [0.1, 0.15) is 5.69 Å². The Morgan fingerprint density at radius 1 is 1.08 bits per heavy atom. The summed E-state index contributed by atoms with van der Waals surface area (Å²) in [4.78, 5) is 11.7. The number of carbonyl (C=O) groups is 1. The van der Waals surface area contributed by atoms with Crippen LogP contribution in [0.25, 0.3) is 16.9 Å². The maximum absolute atomic E-state index is 11.7. The van der Waals surface area contributed by atoms with Gasteiger partial charge in [0.2, 0.25) is 5.91 Å². The van der Waals surface area contributed by atoms with Crippen molar-refractivity contribution in [1.29, 1.82) is 0 Å². The molecule has 124 valence electrons. The average molecular weight is 330 g/mol. The van der Waals surface area contributed by atoms with Crippen LogP contribution in [-0.2, 0) is 4.79 Å². The summed E-state index contributed by atoms with van der Waals surface area (Å²) in [5.74, 6) is 0.130. The van der Waals surface area contributed by atoms with Gasteiger partial charge in [0.15, 0.2) is 0 Å². The van der Waals surface area contributed by atoms with Gasteiger partial charge in [-0.3, -0.25) is 4.79 Å². The first kappa shape index (κ1) is 15.3. The average Bonchev–Trinajstić information content (AvgIpc) is 3.43. The number of aromatic nitrogens is 2. The number of nitrogens with one attached hydrogen (secondary N) is 1. The Labute approximate surface area is 146 Å². The van der Waals surface area contributed by atoms with Crippen molar-refractivity contribution in [3.63, 3.8) is 0 Å². The number of hydrazone groups is 1. The summed E-state index contributed by atoms with van der Waals surface area (Å²) in [6, 6.07) is 19.9. The molecule has 5 heteroatoms. The lowest BCUT2D eigenvalue weighted by molar-refractivity contribution is -0.122. The van der Waals surface area contributed by atoms with Crippen LogP contribution >= 0.6 is 0 Å². The molecule has 25 heavy (non-hydrogen) atoms. The highest BCUT2D eigenvalue weighted by molar-refractivity contribution is 5.90. The van der Waals surface area contributed by atoms with E-state index in [0.29, 0.717) is 0 Å². The van der Waals surface area contributed by atoms with Gasteiger partial charge in [-0.2, -0.15) is 10.2 Å². The summed E-state index contributed by atoms with van der Waals surface area (Å²) >= 11 is 0. The predicted octanol–water partition coefficient (Wildman–Crippen LogP) is 3.40. The predicted molar refractivity (Wildman–Crippen MR) is 97.5 cm³/mol. The molecular formula is C20H18N4O. The minimum Gasteiger partial charge on any atom is -0.273 e. The summed E-state index contributed by atoms with van der Waals surface area (Å²) in [7, 11) is 0. The summed E-state index contributed by atoms with van der Waals surface area (Å²) < 4.78 is 1.83. The third-order valence-electron chi connectivity index (χ3n) is 4.14. The topological polar surface area (TPSA) is 59.3 Å². The number of hydrogen-bond donors (Lipinski definition) is 1. The van der Waals surface area contributed by atoms with Crippen molar-refractivity contribution in [2.75, 3.05) is 0 Å². The van der Waals surface area contributed by atoms with Crippen LogP contribution in [0.4, 0.5) is 0 Å². The van der Waals surface area contributed by atoms with Crippen LogP contribution in [0.2, 0.25) is 0 Å². The van der Waals surface area contributed by atoms with E-state index >= 15 is 0 Å². The van der Waals surface area contributed by atoms with Crippen LogP contribution in [0.15, 0.2) is 72.0 Å². The van der Waals surface area contributed by atoms with E-state index in [1.165, 1.54) is 0 Å². The zero-order chi connectivity index (χ0) is 17.1. The second-order valence-corrected chi connectivity index (χ2v) is 6.09. The van der Waals surface area contributed by atoms with Crippen molar-refractivity contribution < 1.29 is 4.79 Å². The van der Waals surface area contributed by atoms with Gasteiger partial charge in [-0.15, -0.1) is 0 Å². The fourth-order valence-electron chi connectivity index (χ4n) is 2.62. The van der Waals surface area contributed by atoms with Gasteiger partial charge in [0.05, 0.1) is 11.9 Å². The number of amides is 1. The Morgan fingerprint density at radius 2 is 1.76 bits per heavy atom. The van der Waals surface area contributed by atoms with Crippen molar-refractivity contribution in [1.82, 2.24) is 15.2 Å². The van der Waals surface area contributed by atoms with Gasteiger partial charge >= 0.3 is 0 Å². The van der Waals surface area contributed by atoms with Crippen molar-refractivity contribution in [3.05, 3.63) is 72.4 Å². The number of rotatable bonds is 5. The Morgan fingerprint density at radius 3 is 2.44 bits per heavy atom. The van der Waals surface area contributed by atoms with Crippen LogP contribution in [0.5, 0.6) is 0 Å². The van der Waals surface area contributed by atoms with E-state index in [9.17, 15) is 4.79 Å². The molecule has 1 aliphatic rings. The van der Waals surface area contributed by atoms with Crippen LogP contribution < -0.4 is 5.43 Å². The number of para-hydroxylation sites is 1. The lowest BCUT2D eigenvalue weighted by Crippen LogP contribution is -2.18. The highest BCUT2D eigenvalue weighted by Crippen LogP contribution is 2.28. The smallest absolute Gasteiger partial charge is 0.243 e. The Hall–Kier alpha value is -3.21. The molecular weight excluding hydrogens is 312 g/mol. The molecule has 1 fully saturated rings. The molecule has 3 aromatic rings. The minimum atomic E-state index is -0.00652. The largest absolute Gasteiger partial charge is 0.273 e. The van der Waals surface area contributed by atoms with Gasteiger partial charge < -0.3 is 0 Å². The van der Waals surface area contributed by atoms with Crippen molar-refractivity contribution >= 4 is 12.1 Å². The standard InChI is InChI=1S/C20H18N4O/c25-20(16-11-12-16)22-21-13-17-14-24(18-9-5-2-6-10-18)23-19(17)15-7-3-1-4-8-15/h1-10,13-14,16H,11-12H2,(H,22,25)/b21-13-. The molecule has 1 aliphatic carbocycles. The molecule has 0 bridgehead atoms. The van der Waals surface area contributed by atoms with Gasteiger partial charge in [0.25, 0.3) is 0 Å². The van der Waals surface area contributed by atoms with Crippen LogP contribution in [0.1, 0.15) is 18.4 Å². The first-order valence-corrected chi connectivity index (χ1v) is 8.35. The van der Waals surface area contributed by atoms with E-state index in [4.69, 9.17) is 5.10 Å². The molecule has 1 aromatic heterocycles. The Bertz CT molecular complexity index is 896. The molecule has 5 nitrogen and oxygen atoms in total. The monoisotopic (exact) mass is 330 g/mol. The molecule has 0 atom stereocenters. The number of nitrogens with zero attached hydrogens (tertiary/aromatic N) is 3. The normalized spacial score (nSPS) is 13.9. The Kier molecular flexibility index (Phi) is 4.12. The number of carbonyl (C=O) groups excluding carboxylic acids is 1. The first-order chi connectivity index (χ1) is 12.3. The van der Waals surface area contributed by atoms with E-state index in [2.05, 4.69) is 10.5 Å². The maximum atomic E-state index is 11.7. The van der Waals surface area contributed by atoms with Crippen molar-refractivity contribution in [2.24, 2.45) is 11.0 Å². The highest BCUT2D eigenvalue weighted by atomic mass is 16.2. The summed E-state index contributed by atoms with van der Waals surface area (Å²) in [6.07, 6.45) is 5.50. The van der Waals surface area contributed by atoms with E-state index in [-0.39, 0.29) is 11.8 Å². The zero-order valence-corrected chi connectivity index (χ0v) is 13.7. The minimum absolute atomic E-state index is 0.00652. The second-order valence-electron chi connectivity index (χ2n) is 6.09. The van der Waals surface area contributed by atoms with Crippen LogP contribution in [0.3, 0.4) is 0 Å². The lowest BCUT2D eigenvalue weighted by atomic mass is 10.1. The fraction of sp³-hybridized carbons (Fsp3) is 0.150. The van der Waals surface area contributed by atoms with Crippen molar-refractivity contribution in [2.45, 2.75) is 12.8 Å². The molecule has 0 spiro atoms. The second kappa shape index (κ2) is 6.73. The molecule has 0 radical (unpaired) electrons. The molecule has 0 saturated heterocycles. The molecule has 1 heterocycles. The molecule has 2 aromatic carbocycles. The maximum Gasteiger partial charge on any atom is 0.243 e. The van der Waals surface area contributed by atoms with E-state index < -0.39 is 0 Å². The number of benzene rings is 2. The third-order valence-corrected chi connectivity index (χ3v) is 4.14. The number of hydrogen-bond acceptors (Lipinski definition) is 3. The molecule has 1 N–H and O–H groups in total. The van der Waals surface area contributed by atoms with Crippen molar-refractivity contribution in [3.8, 4) is 16.9 Å². The Balaban J connectivity index is 1.66. The zero-order valence-electron chi connectivity index (χ0n) is 13.7. The van der Waals surface area contributed by atoms with Crippen LogP contribution in [-0.4, -0.2) is 21.9 Å². The fourth-order valence-corrected chi connectivity index (χ4v) is 2.62. The molecule has 0 unspecified atom stereocenters. The van der Waals surface area contributed by atoms with E-state index in [1.54, 1.807) is 6.21 Å². The van der Waals surface area contributed by atoms with Gasteiger partial charge in [0, 0.05) is 23.2 Å².